The van der Waals surface area contributed by atoms with Crippen LogP contribution in [0.5, 0.6) is 5.75 Å². The molecule has 3 aromatic carbocycles. The number of aromatic nitrogens is 1. The van der Waals surface area contributed by atoms with Gasteiger partial charge in [0, 0.05) is 21.5 Å². The largest absolute Gasteiger partial charge is 0.482 e. The van der Waals surface area contributed by atoms with Crippen LogP contribution in [0.25, 0.3) is 32.6 Å². The van der Waals surface area contributed by atoms with Crippen LogP contribution in [-0.2, 0) is 19.6 Å². The van der Waals surface area contributed by atoms with Gasteiger partial charge < -0.3 is 9.47 Å². The molecular weight excluding hydrogens is 580 g/mol. The molecule has 2 heterocycles. The molecule has 0 aliphatic carbocycles. The van der Waals surface area contributed by atoms with Crippen LogP contribution in [0.2, 0.25) is 5.02 Å². The molecule has 2 aromatic heterocycles. The summed E-state index contributed by atoms with van der Waals surface area (Å²) in [6, 6.07) is 23.9. The lowest BCUT2D eigenvalue weighted by Crippen LogP contribution is -2.27. The summed E-state index contributed by atoms with van der Waals surface area (Å²) in [5.74, 6) is -0.201. The molecule has 0 aliphatic heterocycles. The highest BCUT2D eigenvalue weighted by Gasteiger charge is 2.30. The number of halogens is 1. The van der Waals surface area contributed by atoms with E-state index in [1.54, 1.807) is 51.1 Å². The van der Waals surface area contributed by atoms with Gasteiger partial charge in [-0.15, -0.1) is 11.3 Å². The summed E-state index contributed by atoms with van der Waals surface area (Å²) in [6.07, 6.45) is 0. The first-order chi connectivity index (χ1) is 19.5. The van der Waals surface area contributed by atoms with Crippen molar-refractivity contribution >= 4 is 49.8 Å². The zero-order chi connectivity index (χ0) is 29.4. The zero-order valence-corrected chi connectivity index (χ0v) is 24.8. The second-order valence-corrected chi connectivity index (χ2v) is 13.3. The Morgan fingerprint density at radius 2 is 1.76 bits per heavy atom. The number of esters is 1. The highest BCUT2D eigenvalue weighted by Crippen LogP contribution is 2.46. The van der Waals surface area contributed by atoms with Gasteiger partial charge in [-0.1, -0.05) is 35.9 Å². The second-order valence-electron chi connectivity index (χ2n) is 10.1. The average Bonchev–Trinajstić information content (AvgIpc) is 3.57. The Kier molecular flexibility index (Phi) is 7.66. The van der Waals surface area contributed by atoms with Crippen molar-refractivity contribution in [2.45, 2.75) is 31.3 Å². The molecule has 0 N–H and O–H groups in total. The number of ether oxygens (including phenoxy) is 2. The first-order valence-electron chi connectivity index (χ1n) is 12.6. The van der Waals surface area contributed by atoms with Gasteiger partial charge in [-0.3, -0.25) is 0 Å². The predicted molar refractivity (Wildman–Crippen MR) is 161 cm³/mol. The summed E-state index contributed by atoms with van der Waals surface area (Å²) in [4.78, 5) is 13.1. The van der Waals surface area contributed by atoms with Crippen molar-refractivity contribution in [3.05, 3.63) is 94.8 Å². The summed E-state index contributed by atoms with van der Waals surface area (Å²) in [6.45, 7) is 4.98. The van der Waals surface area contributed by atoms with Gasteiger partial charge in [0.1, 0.15) is 11.4 Å². The van der Waals surface area contributed by atoms with Crippen molar-refractivity contribution in [1.82, 2.24) is 3.97 Å². The van der Waals surface area contributed by atoms with Crippen molar-refractivity contribution in [1.29, 1.82) is 5.26 Å². The molecule has 0 bridgehead atoms. The normalized spacial score (nSPS) is 11.8. The van der Waals surface area contributed by atoms with E-state index >= 15 is 0 Å². The number of hydrogen-bond donors (Lipinski definition) is 0. The molecule has 41 heavy (non-hydrogen) atoms. The lowest BCUT2D eigenvalue weighted by Gasteiger charge is -2.19. The van der Waals surface area contributed by atoms with Crippen LogP contribution in [-0.4, -0.2) is 30.6 Å². The molecule has 7 nitrogen and oxygen atoms in total. The van der Waals surface area contributed by atoms with Gasteiger partial charge in [0.15, 0.2) is 6.61 Å². The van der Waals surface area contributed by atoms with E-state index in [1.807, 2.05) is 29.6 Å². The quantitative estimate of drug-likeness (QED) is 0.178. The fraction of sp³-hybridized carbons (Fsp3) is 0.161. The summed E-state index contributed by atoms with van der Waals surface area (Å²) < 4.78 is 40.8. The molecule has 0 aliphatic rings. The third-order valence-electron chi connectivity index (χ3n) is 6.10. The van der Waals surface area contributed by atoms with Crippen LogP contribution in [0.3, 0.4) is 0 Å². The standard InChI is InChI=1S/C31H25ClN2O5S2/c1-31(2,3)39-28(35)19-38-22-13-10-20(18-33)25(17-22)29-24-7-4-5-8-26(24)34(30(29)27-9-6-16-40-27)41(36,37)23-14-11-21(32)12-15-23/h4-17H,19H2,1-3H3. The number of para-hydroxylation sites is 1. The van der Waals surface area contributed by atoms with Crippen molar-refractivity contribution in [3.8, 4) is 33.5 Å². The number of carbonyl (C=O) groups excluding carboxylic acids is 1. The molecule has 0 unspecified atom stereocenters. The van der Waals surface area contributed by atoms with Crippen molar-refractivity contribution in [2.24, 2.45) is 0 Å². The molecule has 208 valence electrons. The Hall–Kier alpha value is -4.10. The minimum atomic E-state index is -4.11. The van der Waals surface area contributed by atoms with Crippen LogP contribution in [0, 0.1) is 11.3 Å². The van der Waals surface area contributed by atoms with Crippen LogP contribution < -0.4 is 4.74 Å². The molecular formula is C31H25ClN2O5S2. The van der Waals surface area contributed by atoms with Gasteiger partial charge >= 0.3 is 5.97 Å². The first-order valence-corrected chi connectivity index (χ1v) is 15.3. The fourth-order valence-electron chi connectivity index (χ4n) is 4.51. The van der Waals surface area contributed by atoms with E-state index in [0.29, 0.717) is 48.9 Å². The number of nitriles is 1. The third kappa shape index (κ3) is 5.72. The Balaban J connectivity index is 1.75. The summed E-state index contributed by atoms with van der Waals surface area (Å²) in [5, 5.41) is 13.0. The smallest absolute Gasteiger partial charge is 0.344 e. The highest BCUT2D eigenvalue weighted by atomic mass is 35.5. The minimum absolute atomic E-state index is 0.0713. The van der Waals surface area contributed by atoms with Gasteiger partial charge in [0.05, 0.1) is 32.6 Å². The van der Waals surface area contributed by atoms with Gasteiger partial charge in [-0.25, -0.2) is 17.2 Å². The molecule has 10 heteroatoms. The van der Waals surface area contributed by atoms with E-state index in [4.69, 9.17) is 21.1 Å². The maximum absolute atomic E-state index is 14.2. The second kappa shape index (κ2) is 11.1. The van der Waals surface area contributed by atoms with Crippen LogP contribution in [0.4, 0.5) is 0 Å². The maximum Gasteiger partial charge on any atom is 0.344 e. The van der Waals surface area contributed by atoms with Crippen molar-refractivity contribution in [2.75, 3.05) is 6.61 Å². The van der Waals surface area contributed by atoms with Crippen molar-refractivity contribution < 1.29 is 22.7 Å². The van der Waals surface area contributed by atoms with Gasteiger partial charge in [-0.2, -0.15) is 5.26 Å². The van der Waals surface area contributed by atoms with E-state index in [-0.39, 0.29) is 11.5 Å². The lowest BCUT2D eigenvalue weighted by atomic mass is 9.96. The Bertz CT molecular complexity index is 1900. The number of fused-ring (bicyclic) bond motifs is 1. The SMILES string of the molecule is CC(C)(C)OC(=O)COc1ccc(C#N)c(-c2c(-c3cccs3)n(S(=O)(=O)c3ccc(Cl)cc3)c3ccccc23)c1. The topological polar surface area (TPSA) is 98.4 Å². The molecule has 0 fully saturated rings. The average molecular weight is 605 g/mol. The number of benzene rings is 3. The molecule has 0 atom stereocenters. The number of carbonyl (C=O) groups is 1. The van der Waals surface area contributed by atoms with Gasteiger partial charge in [0.25, 0.3) is 10.0 Å². The number of rotatable bonds is 7. The third-order valence-corrected chi connectivity index (χ3v) is 8.95. The molecule has 0 saturated carbocycles. The van der Waals surface area contributed by atoms with Crippen LogP contribution in [0.15, 0.2) is 89.1 Å². The Morgan fingerprint density at radius 3 is 2.41 bits per heavy atom. The lowest BCUT2D eigenvalue weighted by molar-refractivity contribution is -0.157. The van der Waals surface area contributed by atoms with E-state index < -0.39 is 21.6 Å². The van der Waals surface area contributed by atoms with E-state index in [1.165, 1.54) is 39.6 Å². The summed E-state index contributed by atoms with van der Waals surface area (Å²) in [5.41, 5.74) is 1.54. The number of thiophene rings is 1. The predicted octanol–water partition coefficient (Wildman–Crippen LogP) is 7.52. The summed E-state index contributed by atoms with van der Waals surface area (Å²) in [7, 11) is -4.11. The van der Waals surface area contributed by atoms with Gasteiger partial charge in [0.2, 0.25) is 0 Å². The first kappa shape index (κ1) is 28.4. The van der Waals surface area contributed by atoms with E-state index in [0.717, 1.165) is 0 Å². The molecule has 0 saturated heterocycles. The fourth-order valence-corrected chi connectivity index (χ4v) is 7.00. The molecule has 0 radical (unpaired) electrons. The maximum atomic E-state index is 14.2. The molecule has 5 rings (SSSR count). The zero-order valence-electron chi connectivity index (χ0n) is 22.4. The van der Waals surface area contributed by atoms with Crippen LogP contribution >= 0.6 is 22.9 Å². The molecule has 0 amide bonds. The summed E-state index contributed by atoms with van der Waals surface area (Å²) >= 11 is 7.44. The highest BCUT2D eigenvalue weighted by molar-refractivity contribution is 7.90. The molecule has 5 aromatic rings. The van der Waals surface area contributed by atoms with E-state index in [9.17, 15) is 18.5 Å². The Labute approximate surface area is 247 Å². The monoisotopic (exact) mass is 604 g/mol. The number of hydrogen-bond acceptors (Lipinski definition) is 7. The minimum Gasteiger partial charge on any atom is -0.482 e. The van der Waals surface area contributed by atoms with Gasteiger partial charge in [-0.05, 0) is 80.7 Å². The molecule has 0 spiro atoms. The van der Waals surface area contributed by atoms with Crippen LogP contribution in [0.1, 0.15) is 26.3 Å². The van der Waals surface area contributed by atoms with E-state index in [2.05, 4.69) is 6.07 Å². The Morgan fingerprint density at radius 1 is 1.02 bits per heavy atom. The number of nitrogens with zero attached hydrogens (tertiary/aromatic N) is 2. The van der Waals surface area contributed by atoms with Crippen molar-refractivity contribution in [3.63, 3.8) is 0 Å².